The zero-order chi connectivity index (χ0) is 22.3. The van der Waals surface area contributed by atoms with Crippen LogP contribution in [0, 0.1) is 11.3 Å². The molecule has 1 amide bonds. The van der Waals surface area contributed by atoms with E-state index in [9.17, 15) is 4.79 Å². The Balaban J connectivity index is 1.20. The summed E-state index contributed by atoms with van der Waals surface area (Å²) in [4.78, 5) is 19.1. The van der Waals surface area contributed by atoms with Crippen molar-refractivity contribution in [3.05, 3.63) is 65.7 Å². The Morgan fingerprint density at radius 1 is 1.06 bits per heavy atom. The van der Waals surface area contributed by atoms with Crippen LogP contribution in [0.4, 0.5) is 0 Å². The molecule has 2 bridgehead atoms. The highest BCUT2D eigenvalue weighted by Crippen LogP contribution is 2.19. The Morgan fingerprint density at radius 3 is 2.38 bits per heavy atom. The molecule has 4 rings (SSSR count). The highest BCUT2D eigenvalue weighted by Gasteiger charge is 2.35. The van der Waals surface area contributed by atoms with Gasteiger partial charge in [-0.05, 0) is 29.8 Å². The lowest BCUT2D eigenvalue weighted by atomic mass is 10.1. The number of hydrogen-bond donors (Lipinski definition) is 0. The van der Waals surface area contributed by atoms with Crippen molar-refractivity contribution in [1.29, 1.82) is 5.26 Å². The van der Waals surface area contributed by atoms with Crippen molar-refractivity contribution in [1.82, 2.24) is 14.7 Å². The van der Waals surface area contributed by atoms with E-state index in [0.717, 1.165) is 44.0 Å². The Labute approximate surface area is 189 Å². The summed E-state index contributed by atoms with van der Waals surface area (Å²) < 4.78 is 12.0. The molecule has 0 saturated carbocycles. The van der Waals surface area contributed by atoms with Crippen molar-refractivity contribution < 1.29 is 14.3 Å². The number of benzene rings is 2. The summed E-state index contributed by atoms with van der Waals surface area (Å²) >= 11 is 0. The van der Waals surface area contributed by atoms with Crippen LogP contribution < -0.4 is 4.74 Å². The zero-order valence-corrected chi connectivity index (χ0v) is 18.5. The summed E-state index contributed by atoms with van der Waals surface area (Å²) in [6.07, 6.45) is 0.231. The molecule has 2 aliphatic heterocycles. The molecule has 2 unspecified atom stereocenters. The van der Waals surface area contributed by atoms with Gasteiger partial charge in [0.1, 0.15) is 12.4 Å². The number of nitriles is 1. The lowest BCUT2D eigenvalue weighted by Gasteiger charge is -2.45. The van der Waals surface area contributed by atoms with Crippen LogP contribution in [0.25, 0.3) is 0 Å². The third-order valence-electron chi connectivity index (χ3n) is 5.94. The number of likely N-dealkylation sites (N-methyl/N-ethyl adjacent to an activating group) is 1. The van der Waals surface area contributed by atoms with Crippen LogP contribution in [0.2, 0.25) is 0 Å². The Kier molecular flexibility index (Phi) is 7.38. The average molecular weight is 435 g/mol. The highest BCUT2D eigenvalue weighted by atomic mass is 16.5. The van der Waals surface area contributed by atoms with Crippen LogP contribution in [0.1, 0.15) is 11.1 Å². The first-order valence-corrected chi connectivity index (χ1v) is 11.1. The molecule has 2 saturated heterocycles. The van der Waals surface area contributed by atoms with Gasteiger partial charge in [0.2, 0.25) is 5.91 Å². The predicted molar refractivity (Wildman–Crippen MR) is 121 cm³/mol. The van der Waals surface area contributed by atoms with Crippen molar-refractivity contribution in [2.24, 2.45) is 0 Å². The largest absolute Gasteiger partial charge is 0.492 e. The third kappa shape index (κ3) is 6.07. The maximum Gasteiger partial charge on any atom is 0.236 e. The highest BCUT2D eigenvalue weighted by molar-refractivity contribution is 5.78. The Hall–Kier alpha value is -2.92. The van der Waals surface area contributed by atoms with E-state index in [-0.39, 0.29) is 18.1 Å². The fraction of sp³-hybridized carbons (Fsp3) is 0.440. The van der Waals surface area contributed by atoms with Gasteiger partial charge in [0.05, 0.1) is 30.4 Å². The smallest absolute Gasteiger partial charge is 0.236 e. The van der Waals surface area contributed by atoms with Crippen molar-refractivity contribution in [3.8, 4) is 11.8 Å². The minimum Gasteiger partial charge on any atom is -0.492 e. The van der Waals surface area contributed by atoms with Gasteiger partial charge in [-0.25, -0.2) is 0 Å². The number of rotatable bonds is 8. The molecule has 2 atom stereocenters. The van der Waals surface area contributed by atoms with E-state index in [4.69, 9.17) is 14.7 Å². The second kappa shape index (κ2) is 10.6. The maximum atomic E-state index is 12.7. The standard InChI is InChI=1S/C25H30N4O3/c1-27(14-21-5-3-2-4-6-21)25(30)19-29-17-23-15-28(16-24(18-29)32-23)11-12-31-22-9-7-20(13-26)8-10-22/h2-10,23-24H,11-12,14-19H2,1H3. The van der Waals surface area contributed by atoms with E-state index in [1.54, 1.807) is 17.0 Å². The van der Waals surface area contributed by atoms with Gasteiger partial charge >= 0.3 is 0 Å². The third-order valence-corrected chi connectivity index (χ3v) is 5.94. The topological polar surface area (TPSA) is 69.0 Å². The fourth-order valence-electron chi connectivity index (χ4n) is 4.35. The summed E-state index contributed by atoms with van der Waals surface area (Å²) in [5.41, 5.74) is 1.77. The molecule has 2 fully saturated rings. The first-order valence-electron chi connectivity index (χ1n) is 11.1. The SMILES string of the molecule is CN(Cc1ccccc1)C(=O)CN1CC2CN(CCOc3ccc(C#N)cc3)CC(C1)O2. The molecule has 7 heteroatoms. The molecule has 32 heavy (non-hydrogen) atoms. The molecule has 0 radical (unpaired) electrons. The van der Waals surface area contributed by atoms with Gasteiger partial charge in [-0.1, -0.05) is 30.3 Å². The lowest BCUT2D eigenvalue weighted by molar-refractivity contribution is -0.149. The van der Waals surface area contributed by atoms with Crippen LogP contribution in [0.3, 0.4) is 0 Å². The van der Waals surface area contributed by atoms with Gasteiger partial charge in [-0.2, -0.15) is 5.26 Å². The first kappa shape index (κ1) is 22.3. The summed E-state index contributed by atoms with van der Waals surface area (Å²) in [6.45, 7) is 5.72. The van der Waals surface area contributed by atoms with Crippen LogP contribution in [0.15, 0.2) is 54.6 Å². The molecule has 2 aliphatic rings. The van der Waals surface area contributed by atoms with Crippen molar-refractivity contribution >= 4 is 5.91 Å². The minimum atomic E-state index is 0.115. The molecule has 168 valence electrons. The minimum absolute atomic E-state index is 0.115. The van der Waals surface area contributed by atoms with Gasteiger partial charge in [0.25, 0.3) is 0 Å². The molecule has 0 aliphatic carbocycles. The van der Waals surface area contributed by atoms with E-state index in [0.29, 0.717) is 25.3 Å². The summed E-state index contributed by atoms with van der Waals surface area (Å²) in [5, 5.41) is 8.87. The lowest BCUT2D eigenvalue weighted by Crippen LogP contribution is -2.60. The van der Waals surface area contributed by atoms with E-state index < -0.39 is 0 Å². The molecule has 2 aromatic carbocycles. The van der Waals surface area contributed by atoms with Crippen LogP contribution in [-0.4, -0.2) is 85.7 Å². The zero-order valence-electron chi connectivity index (χ0n) is 18.5. The van der Waals surface area contributed by atoms with Crippen molar-refractivity contribution in [2.45, 2.75) is 18.8 Å². The quantitative estimate of drug-likeness (QED) is 0.633. The van der Waals surface area contributed by atoms with Crippen molar-refractivity contribution in [2.75, 3.05) is 52.9 Å². The predicted octanol–water partition coefficient (Wildman–Crippen LogP) is 1.98. The van der Waals surface area contributed by atoms with Gasteiger partial charge < -0.3 is 14.4 Å². The van der Waals surface area contributed by atoms with Gasteiger partial charge in [-0.3, -0.25) is 14.6 Å². The number of carbonyl (C=O) groups excluding carboxylic acids is 1. The number of fused-ring (bicyclic) bond motifs is 2. The molecule has 7 nitrogen and oxygen atoms in total. The van der Waals surface area contributed by atoms with Gasteiger partial charge in [0, 0.05) is 46.3 Å². The molecule has 2 aromatic rings. The Bertz CT molecular complexity index is 914. The van der Waals surface area contributed by atoms with E-state index in [1.807, 2.05) is 49.5 Å². The fourth-order valence-corrected chi connectivity index (χ4v) is 4.35. The second-order valence-corrected chi connectivity index (χ2v) is 8.55. The molecular formula is C25H30N4O3. The summed E-state index contributed by atoms with van der Waals surface area (Å²) in [6, 6.07) is 19.4. The summed E-state index contributed by atoms with van der Waals surface area (Å²) in [7, 11) is 1.87. The van der Waals surface area contributed by atoms with Crippen molar-refractivity contribution in [3.63, 3.8) is 0 Å². The maximum absolute atomic E-state index is 12.7. The first-order chi connectivity index (χ1) is 15.6. The van der Waals surface area contributed by atoms with Crippen LogP contribution >= 0.6 is 0 Å². The molecule has 0 spiro atoms. The molecule has 0 N–H and O–H groups in total. The number of nitrogens with zero attached hydrogens (tertiary/aromatic N) is 4. The van der Waals surface area contributed by atoms with Gasteiger partial charge in [0.15, 0.2) is 0 Å². The molecule has 2 heterocycles. The average Bonchev–Trinajstić information content (AvgIpc) is 2.79. The summed E-state index contributed by atoms with van der Waals surface area (Å²) in [5.74, 6) is 0.920. The van der Waals surface area contributed by atoms with Crippen LogP contribution in [0.5, 0.6) is 5.75 Å². The van der Waals surface area contributed by atoms with Gasteiger partial charge in [-0.15, -0.1) is 0 Å². The molecular weight excluding hydrogens is 404 g/mol. The van der Waals surface area contributed by atoms with E-state index >= 15 is 0 Å². The number of amides is 1. The number of hydrogen-bond acceptors (Lipinski definition) is 6. The monoisotopic (exact) mass is 434 g/mol. The number of morpholine rings is 2. The normalized spacial score (nSPS) is 21.0. The second-order valence-electron chi connectivity index (χ2n) is 8.55. The number of ether oxygens (including phenoxy) is 2. The van der Waals surface area contributed by atoms with E-state index in [1.165, 1.54) is 0 Å². The molecule has 0 aromatic heterocycles. The van der Waals surface area contributed by atoms with E-state index in [2.05, 4.69) is 15.9 Å². The number of carbonyl (C=O) groups is 1. The van der Waals surface area contributed by atoms with Crippen LogP contribution in [-0.2, 0) is 16.1 Å². The Morgan fingerprint density at radius 2 is 1.72 bits per heavy atom.